The van der Waals surface area contributed by atoms with Crippen molar-refractivity contribution in [3.8, 4) is 0 Å². The van der Waals surface area contributed by atoms with E-state index in [0.717, 1.165) is 29.8 Å². The Morgan fingerprint density at radius 2 is 2.00 bits per heavy atom. The van der Waals surface area contributed by atoms with Crippen LogP contribution in [-0.4, -0.2) is 23.2 Å². The van der Waals surface area contributed by atoms with E-state index in [-0.39, 0.29) is 5.91 Å². The number of carbonyl (C=O) groups is 1. The fourth-order valence-corrected chi connectivity index (χ4v) is 3.43. The lowest BCUT2D eigenvalue weighted by Crippen LogP contribution is -2.30. The minimum atomic E-state index is 0.0946. The van der Waals surface area contributed by atoms with Gasteiger partial charge in [-0.25, -0.2) is 4.98 Å². The molecule has 0 spiro atoms. The van der Waals surface area contributed by atoms with Crippen LogP contribution in [0.5, 0.6) is 0 Å². The van der Waals surface area contributed by atoms with Crippen molar-refractivity contribution in [2.24, 2.45) is 0 Å². The van der Waals surface area contributed by atoms with Gasteiger partial charge in [-0.1, -0.05) is 42.1 Å². The summed E-state index contributed by atoms with van der Waals surface area (Å²) in [6.45, 7) is 0.756. The summed E-state index contributed by atoms with van der Waals surface area (Å²) in [5.41, 5.74) is 3.85. The second-order valence-electron chi connectivity index (χ2n) is 5.16. The fourth-order valence-electron chi connectivity index (χ4n) is 2.71. The van der Waals surface area contributed by atoms with Crippen LogP contribution < -0.4 is 4.90 Å². The van der Waals surface area contributed by atoms with Crippen LogP contribution in [0.15, 0.2) is 58.2 Å². The SMILES string of the molecule is O=C(CSc1nc2ccccc2o1)N1CCc2ccccc21. The van der Waals surface area contributed by atoms with E-state index < -0.39 is 0 Å². The number of fused-ring (bicyclic) bond motifs is 2. The van der Waals surface area contributed by atoms with Crippen LogP contribution in [-0.2, 0) is 11.2 Å². The molecule has 4 rings (SSSR count). The summed E-state index contributed by atoms with van der Waals surface area (Å²) >= 11 is 1.35. The third-order valence-corrected chi connectivity index (χ3v) is 4.59. The number of nitrogens with zero attached hydrogens (tertiary/aromatic N) is 2. The molecule has 1 aromatic heterocycles. The molecule has 0 N–H and O–H groups in total. The number of aromatic nitrogens is 1. The van der Waals surface area contributed by atoms with Gasteiger partial charge in [0.25, 0.3) is 5.22 Å². The summed E-state index contributed by atoms with van der Waals surface area (Å²) in [7, 11) is 0. The molecular weight excluding hydrogens is 296 g/mol. The molecule has 2 aromatic carbocycles. The van der Waals surface area contributed by atoms with E-state index in [0.29, 0.717) is 11.0 Å². The summed E-state index contributed by atoms with van der Waals surface area (Å²) in [6, 6.07) is 15.7. The lowest BCUT2D eigenvalue weighted by atomic mass is 10.2. The van der Waals surface area contributed by atoms with Crippen molar-refractivity contribution in [2.45, 2.75) is 11.6 Å². The maximum absolute atomic E-state index is 12.4. The first-order valence-electron chi connectivity index (χ1n) is 7.18. The molecule has 2 heterocycles. The molecule has 0 saturated heterocycles. The highest BCUT2D eigenvalue weighted by Gasteiger charge is 2.24. The number of hydrogen-bond acceptors (Lipinski definition) is 4. The quantitative estimate of drug-likeness (QED) is 0.695. The average molecular weight is 310 g/mol. The summed E-state index contributed by atoms with van der Waals surface area (Å²) in [5.74, 6) is 0.429. The zero-order valence-electron chi connectivity index (χ0n) is 11.9. The molecule has 0 bridgehead atoms. The van der Waals surface area contributed by atoms with Gasteiger partial charge in [-0.3, -0.25) is 4.79 Å². The second-order valence-corrected chi connectivity index (χ2v) is 6.09. The molecule has 1 aliphatic rings. The van der Waals surface area contributed by atoms with Crippen molar-refractivity contribution in [1.82, 2.24) is 4.98 Å². The molecule has 0 saturated carbocycles. The van der Waals surface area contributed by atoms with Gasteiger partial charge in [-0.15, -0.1) is 0 Å². The largest absolute Gasteiger partial charge is 0.431 e. The zero-order chi connectivity index (χ0) is 14.9. The van der Waals surface area contributed by atoms with Crippen molar-refractivity contribution in [2.75, 3.05) is 17.2 Å². The number of rotatable bonds is 3. The van der Waals surface area contributed by atoms with Gasteiger partial charge < -0.3 is 9.32 Å². The zero-order valence-corrected chi connectivity index (χ0v) is 12.7. The summed E-state index contributed by atoms with van der Waals surface area (Å²) in [4.78, 5) is 18.7. The Hall–Kier alpha value is -2.27. The molecule has 0 unspecified atom stereocenters. The van der Waals surface area contributed by atoms with Crippen LogP contribution in [0.1, 0.15) is 5.56 Å². The minimum Gasteiger partial charge on any atom is -0.431 e. The lowest BCUT2D eigenvalue weighted by molar-refractivity contribution is -0.116. The van der Waals surface area contributed by atoms with Crippen LogP contribution in [0, 0.1) is 0 Å². The number of oxazole rings is 1. The Bertz CT molecular complexity index is 810. The highest BCUT2D eigenvalue weighted by Crippen LogP contribution is 2.29. The first-order valence-corrected chi connectivity index (χ1v) is 8.16. The van der Waals surface area contributed by atoms with Crippen LogP contribution in [0.4, 0.5) is 5.69 Å². The third kappa shape index (κ3) is 2.37. The van der Waals surface area contributed by atoms with Crippen LogP contribution in [0.2, 0.25) is 0 Å². The van der Waals surface area contributed by atoms with Crippen molar-refractivity contribution < 1.29 is 9.21 Å². The topological polar surface area (TPSA) is 46.3 Å². The molecule has 0 atom stereocenters. The van der Waals surface area contributed by atoms with Gasteiger partial charge in [0.2, 0.25) is 5.91 Å². The van der Waals surface area contributed by atoms with E-state index in [4.69, 9.17) is 4.42 Å². The Balaban J connectivity index is 1.47. The van der Waals surface area contributed by atoms with Crippen LogP contribution in [0.3, 0.4) is 0 Å². The van der Waals surface area contributed by atoms with Gasteiger partial charge in [-0.05, 0) is 30.2 Å². The molecule has 0 fully saturated rings. The average Bonchev–Trinajstić information content (AvgIpc) is 3.16. The number of benzene rings is 2. The maximum Gasteiger partial charge on any atom is 0.257 e. The smallest absolute Gasteiger partial charge is 0.257 e. The molecule has 0 aliphatic carbocycles. The molecule has 1 aliphatic heterocycles. The second kappa shape index (κ2) is 5.50. The summed E-state index contributed by atoms with van der Waals surface area (Å²) < 4.78 is 5.63. The number of thioether (sulfide) groups is 1. The number of amides is 1. The molecular formula is C17H14N2O2S. The predicted molar refractivity (Wildman–Crippen MR) is 87.2 cm³/mol. The summed E-state index contributed by atoms with van der Waals surface area (Å²) in [6.07, 6.45) is 0.926. The number of anilines is 1. The first-order chi connectivity index (χ1) is 10.8. The molecule has 3 aromatic rings. The van der Waals surface area contributed by atoms with Gasteiger partial charge in [0.05, 0.1) is 5.75 Å². The molecule has 1 amide bonds. The lowest BCUT2D eigenvalue weighted by Gasteiger charge is -2.16. The van der Waals surface area contributed by atoms with E-state index in [1.807, 2.05) is 47.4 Å². The Morgan fingerprint density at radius 3 is 2.91 bits per heavy atom. The highest BCUT2D eigenvalue weighted by atomic mass is 32.2. The van der Waals surface area contributed by atoms with Crippen molar-refractivity contribution >= 4 is 34.5 Å². The van der Waals surface area contributed by atoms with Crippen molar-refractivity contribution in [3.05, 3.63) is 54.1 Å². The van der Waals surface area contributed by atoms with Gasteiger partial charge in [-0.2, -0.15) is 0 Å². The number of para-hydroxylation sites is 3. The van der Waals surface area contributed by atoms with Gasteiger partial charge in [0, 0.05) is 12.2 Å². The molecule has 110 valence electrons. The predicted octanol–water partition coefficient (Wildman–Crippen LogP) is 3.51. The third-order valence-electron chi connectivity index (χ3n) is 3.78. The molecule has 4 nitrogen and oxygen atoms in total. The molecule has 22 heavy (non-hydrogen) atoms. The number of hydrogen-bond donors (Lipinski definition) is 0. The Labute approximate surface area is 132 Å². The van der Waals surface area contributed by atoms with Gasteiger partial charge in [0.1, 0.15) is 5.52 Å². The van der Waals surface area contributed by atoms with E-state index in [1.165, 1.54) is 17.3 Å². The van der Waals surface area contributed by atoms with Crippen molar-refractivity contribution in [3.63, 3.8) is 0 Å². The highest BCUT2D eigenvalue weighted by molar-refractivity contribution is 7.99. The van der Waals surface area contributed by atoms with Gasteiger partial charge >= 0.3 is 0 Å². The maximum atomic E-state index is 12.4. The normalized spacial score (nSPS) is 13.5. The Kier molecular flexibility index (Phi) is 3.35. The fraction of sp³-hybridized carbons (Fsp3) is 0.176. The van der Waals surface area contributed by atoms with E-state index in [2.05, 4.69) is 11.1 Å². The monoisotopic (exact) mass is 310 g/mol. The molecule has 0 radical (unpaired) electrons. The first kappa shape index (κ1) is 13.4. The van der Waals surface area contributed by atoms with Crippen LogP contribution >= 0.6 is 11.8 Å². The summed E-state index contributed by atoms with van der Waals surface area (Å²) in [5, 5.41) is 0.544. The van der Waals surface area contributed by atoms with E-state index in [9.17, 15) is 4.79 Å². The standard InChI is InChI=1S/C17H14N2O2S/c20-16(19-10-9-12-5-1-3-7-14(12)19)11-22-17-18-13-6-2-4-8-15(13)21-17/h1-8H,9-11H2. The van der Waals surface area contributed by atoms with Crippen LogP contribution in [0.25, 0.3) is 11.1 Å². The minimum absolute atomic E-state index is 0.0946. The molecule has 5 heteroatoms. The number of carbonyl (C=O) groups excluding carboxylic acids is 1. The van der Waals surface area contributed by atoms with Crippen molar-refractivity contribution in [1.29, 1.82) is 0 Å². The van der Waals surface area contributed by atoms with E-state index in [1.54, 1.807) is 0 Å². The van der Waals surface area contributed by atoms with E-state index >= 15 is 0 Å². The van der Waals surface area contributed by atoms with Gasteiger partial charge in [0.15, 0.2) is 5.58 Å². The Morgan fingerprint density at radius 1 is 1.18 bits per heavy atom.